The van der Waals surface area contributed by atoms with Crippen molar-refractivity contribution < 1.29 is 9.53 Å². The van der Waals surface area contributed by atoms with Crippen LogP contribution in [0.25, 0.3) is 0 Å². The van der Waals surface area contributed by atoms with E-state index in [4.69, 9.17) is 4.74 Å². The second kappa shape index (κ2) is 5.66. The van der Waals surface area contributed by atoms with Crippen molar-refractivity contribution in [2.75, 3.05) is 6.61 Å². The molecule has 0 saturated carbocycles. The number of benzene rings is 1. The molecule has 1 aromatic rings. The third-order valence-corrected chi connectivity index (χ3v) is 3.03. The average molecular weight is 332 g/mol. The zero-order valence-electron chi connectivity index (χ0n) is 9.92. The van der Waals surface area contributed by atoms with Crippen molar-refractivity contribution in [1.82, 2.24) is 0 Å². The molecule has 0 amide bonds. The van der Waals surface area contributed by atoms with Gasteiger partial charge in [-0.1, -0.05) is 12.1 Å². The summed E-state index contributed by atoms with van der Waals surface area (Å²) >= 11 is 2.27. The lowest BCUT2D eigenvalue weighted by molar-refractivity contribution is -0.153. The molecule has 88 valence electrons. The molecular weight excluding hydrogens is 315 g/mol. The third kappa shape index (κ3) is 3.77. The van der Waals surface area contributed by atoms with Gasteiger partial charge in [0.05, 0.1) is 12.0 Å². The molecule has 0 aliphatic heterocycles. The Kier molecular flexibility index (Phi) is 4.77. The molecule has 16 heavy (non-hydrogen) atoms. The number of carbonyl (C=O) groups excluding carboxylic acids is 1. The molecule has 0 unspecified atom stereocenters. The minimum Gasteiger partial charge on any atom is -0.466 e. The summed E-state index contributed by atoms with van der Waals surface area (Å²) < 4.78 is 6.26. The Morgan fingerprint density at radius 3 is 2.69 bits per heavy atom. The van der Waals surface area contributed by atoms with Crippen LogP contribution < -0.4 is 0 Å². The largest absolute Gasteiger partial charge is 0.466 e. The molecule has 0 atom stereocenters. The van der Waals surface area contributed by atoms with Crippen LogP contribution >= 0.6 is 22.6 Å². The van der Waals surface area contributed by atoms with Crippen molar-refractivity contribution in [2.24, 2.45) is 5.41 Å². The Hall–Kier alpha value is -0.580. The molecule has 0 bridgehead atoms. The molecule has 0 aliphatic rings. The van der Waals surface area contributed by atoms with E-state index in [1.807, 2.05) is 39.0 Å². The zero-order valence-corrected chi connectivity index (χ0v) is 12.1. The van der Waals surface area contributed by atoms with Crippen LogP contribution in [0.15, 0.2) is 24.3 Å². The summed E-state index contributed by atoms with van der Waals surface area (Å²) in [6, 6.07) is 8.20. The standard InChI is InChI=1S/C13H17IO2/c1-4-16-12(15)13(2,3)9-10-6-5-7-11(14)8-10/h5-8H,4,9H2,1-3H3. The van der Waals surface area contributed by atoms with Crippen LogP contribution in [0.3, 0.4) is 0 Å². The molecule has 0 radical (unpaired) electrons. The zero-order chi connectivity index (χ0) is 12.2. The molecule has 1 aromatic carbocycles. The molecule has 2 nitrogen and oxygen atoms in total. The first-order valence-corrected chi connectivity index (χ1v) is 6.45. The maximum absolute atomic E-state index is 11.7. The smallest absolute Gasteiger partial charge is 0.311 e. The molecule has 0 spiro atoms. The van der Waals surface area contributed by atoms with Crippen LogP contribution in [0.1, 0.15) is 26.3 Å². The SMILES string of the molecule is CCOC(=O)C(C)(C)Cc1cccc(I)c1. The first-order valence-electron chi connectivity index (χ1n) is 5.37. The lowest BCUT2D eigenvalue weighted by Crippen LogP contribution is -2.29. The van der Waals surface area contributed by atoms with Gasteiger partial charge in [-0.3, -0.25) is 4.79 Å². The fourth-order valence-corrected chi connectivity index (χ4v) is 2.16. The predicted octanol–water partition coefficient (Wildman–Crippen LogP) is 3.42. The summed E-state index contributed by atoms with van der Waals surface area (Å²) in [5.74, 6) is -0.131. The van der Waals surface area contributed by atoms with E-state index in [-0.39, 0.29) is 5.97 Å². The van der Waals surface area contributed by atoms with Crippen LogP contribution in [0.2, 0.25) is 0 Å². The fraction of sp³-hybridized carbons (Fsp3) is 0.462. The van der Waals surface area contributed by atoms with Crippen molar-refractivity contribution in [3.8, 4) is 0 Å². The van der Waals surface area contributed by atoms with E-state index >= 15 is 0 Å². The van der Waals surface area contributed by atoms with Crippen molar-refractivity contribution in [3.63, 3.8) is 0 Å². The van der Waals surface area contributed by atoms with E-state index in [9.17, 15) is 4.79 Å². The number of halogens is 1. The number of esters is 1. The van der Waals surface area contributed by atoms with Gasteiger partial charge in [-0.05, 0) is 67.5 Å². The van der Waals surface area contributed by atoms with Crippen LogP contribution in [0, 0.1) is 8.99 Å². The van der Waals surface area contributed by atoms with E-state index in [1.54, 1.807) is 0 Å². The van der Waals surface area contributed by atoms with Gasteiger partial charge in [-0.25, -0.2) is 0 Å². The van der Waals surface area contributed by atoms with Gasteiger partial charge >= 0.3 is 5.97 Å². The maximum Gasteiger partial charge on any atom is 0.311 e. The van der Waals surface area contributed by atoms with Gasteiger partial charge in [-0.15, -0.1) is 0 Å². The second-order valence-corrected chi connectivity index (χ2v) is 5.66. The highest BCUT2D eigenvalue weighted by atomic mass is 127. The summed E-state index contributed by atoms with van der Waals surface area (Å²) in [4.78, 5) is 11.7. The fourth-order valence-electron chi connectivity index (χ4n) is 1.56. The first-order chi connectivity index (χ1) is 7.45. The lowest BCUT2D eigenvalue weighted by atomic mass is 9.86. The molecule has 0 heterocycles. The molecule has 0 saturated heterocycles. The Labute approximate surface area is 111 Å². The van der Waals surface area contributed by atoms with E-state index in [2.05, 4.69) is 28.7 Å². The van der Waals surface area contributed by atoms with Crippen LogP contribution in [-0.4, -0.2) is 12.6 Å². The van der Waals surface area contributed by atoms with Gasteiger partial charge in [0.15, 0.2) is 0 Å². The van der Waals surface area contributed by atoms with Gasteiger partial charge in [0.25, 0.3) is 0 Å². The summed E-state index contributed by atoms with van der Waals surface area (Å²) in [7, 11) is 0. The average Bonchev–Trinajstić information content (AvgIpc) is 2.17. The van der Waals surface area contributed by atoms with E-state index in [0.717, 1.165) is 0 Å². The molecule has 0 aromatic heterocycles. The predicted molar refractivity (Wildman–Crippen MR) is 73.3 cm³/mol. The summed E-state index contributed by atoms with van der Waals surface area (Å²) in [6.45, 7) is 6.11. The topological polar surface area (TPSA) is 26.3 Å². The Morgan fingerprint density at radius 1 is 1.44 bits per heavy atom. The van der Waals surface area contributed by atoms with E-state index in [1.165, 1.54) is 9.13 Å². The number of hydrogen-bond donors (Lipinski definition) is 0. The Morgan fingerprint density at radius 2 is 2.12 bits per heavy atom. The van der Waals surface area contributed by atoms with Crippen LogP contribution in [-0.2, 0) is 16.0 Å². The highest BCUT2D eigenvalue weighted by molar-refractivity contribution is 14.1. The summed E-state index contributed by atoms with van der Waals surface area (Å²) in [5, 5.41) is 0. The highest BCUT2D eigenvalue weighted by Crippen LogP contribution is 2.24. The normalized spacial score (nSPS) is 11.2. The van der Waals surface area contributed by atoms with Crippen molar-refractivity contribution in [1.29, 1.82) is 0 Å². The van der Waals surface area contributed by atoms with Gasteiger partial charge in [0, 0.05) is 3.57 Å². The summed E-state index contributed by atoms with van der Waals surface area (Å²) in [5.41, 5.74) is 0.713. The monoisotopic (exact) mass is 332 g/mol. The molecular formula is C13H17IO2. The number of carbonyl (C=O) groups is 1. The molecule has 0 N–H and O–H groups in total. The van der Waals surface area contributed by atoms with Crippen molar-refractivity contribution in [3.05, 3.63) is 33.4 Å². The Bertz CT molecular complexity index is 372. The van der Waals surface area contributed by atoms with E-state index in [0.29, 0.717) is 13.0 Å². The molecule has 1 rings (SSSR count). The second-order valence-electron chi connectivity index (χ2n) is 4.41. The van der Waals surface area contributed by atoms with Crippen LogP contribution in [0.5, 0.6) is 0 Å². The van der Waals surface area contributed by atoms with Gasteiger partial charge in [0.2, 0.25) is 0 Å². The minimum absolute atomic E-state index is 0.131. The van der Waals surface area contributed by atoms with E-state index < -0.39 is 5.41 Å². The Balaban J connectivity index is 2.75. The highest BCUT2D eigenvalue weighted by Gasteiger charge is 2.29. The molecule has 0 aliphatic carbocycles. The number of hydrogen-bond acceptors (Lipinski definition) is 2. The lowest BCUT2D eigenvalue weighted by Gasteiger charge is -2.22. The third-order valence-electron chi connectivity index (χ3n) is 2.36. The van der Waals surface area contributed by atoms with Crippen LogP contribution in [0.4, 0.5) is 0 Å². The minimum atomic E-state index is -0.458. The quantitative estimate of drug-likeness (QED) is 0.624. The van der Waals surface area contributed by atoms with Crippen molar-refractivity contribution >= 4 is 28.6 Å². The summed E-state index contributed by atoms with van der Waals surface area (Å²) in [6.07, 6.45) is 0.711. The van der Waals surface area contributed by atoms with Gasteiger partial charge in [-0.2, -0.15) is 0 Å². The molecule has 0 fully saturated rings. The number of rotatable bonds is 4. The number of ether oxygens (including phenoxy) is 1. The molecule has 3 heteroatoms. The van der Waals surface area contributed by atoms with Gasteiger partial charge < -0.3 is 4.74 Å². The van der Waals surface area contributed by atoms with Crippen molar-refractivity contribution in [2.45, 2.75) is 27.2 Å². The first kappa shape index (κ1) is 13.5. The maximum atomic E-state index is 11.7. The van der Waals surface area contributed by atoms with Gasteiger partial charge in [0.1, 0.15) is 0 Å².